The largest absolute Gasteiger partial charge is 0.459 e. The van der Waals surface area contributed by atoms with Gasteiger partial charge in [0.25, 0.3) is 0 Å². The van der Waals surface area contributed by atoms with Crippen LogP contribution in [0.1, 0.15) is 113 Å². The third-order valence-corrected chi connectivity index (χ3v) is 17.5. The molecule has 1 aromatic heterocycles. The number of methoxy groups -OCH3 is 1. The topological polar surface area (TPSA) is 236 Å². The molecule has 5 aliphatic rings. The molecule has 430 valence electrons. The Bertz CT molecular complexity index is 2250. The lowest BCUT2D eigenvalue weighted by atomic mass is 9.68. The maximum atomic E-state index is 15.2. The number of morpholine rings is 1. The van der Waals surface area contributed by atoms with Gasteiger partial charge in [0.15, 0.2) is 12.4 Å². The first-order valence-corrected chi connectivity index (χ1v) is 27.6. The molecule has 4 fully saturated rings. The van der Waals surface area contributed by atoms with E-state index in [2.05, 4.69) is 20.4 Å². The Morgan fingerprint density at radius 1 is 0.987 bits per heavy atom. The first-order chi connectivity index (χ1) is 35.8. The Hall–Kier alpha value is -3.45. The number of oxime groups is 1. The minimum absolute atomic E-state index is 0.181. The van der Waals surface area contributed by atoms with E-state index in [4.69, 9.17) is 33.3 Å². The molecule has 0 spiro atoms. The van der Waals surface area contributed by atoms with Gasteiger partial charge in [0.05, 0.1) is 78.4 Å². The van der Waals surface area contributed by atoms with Crippen LogP contribution in [0.3, 0.4) is 0 Å². The molecule has 76 heavy (non-hydrogen) atoms. The van der Waals surface area contributed by atoms with Crippen molar-refractivity contribution in [1.82, 2.24) is 24.8 Å². The molecule has 0 bridgehead atoms. The van der Waals surface area contributed by atoms with Crippen LogP contribution in [0.5, 0.6) is 0 Å². The highest BCUT2D eigenvalue weighted by molar-refractivity contribution is 6.01. The van der Waals surface area contributed by atoms with E-state index in [-0.39, 0.29) is 43.2 Å². The highest BCUT2D eigenvalue weighted by Gasteiger charge is 2.55. The van der Waals surface area contributed by atoms with Gasteiger partial charge in [0.2, 0.25) is 0 Å². The molecule has 0 amide bonds. The Kier molecular flexibility index (Phi) is 19.7. The molecule has 5 aliphatic heterocycles. The zero-order chi connectivity index (χ0) is 55.6. The van der Waals surface area contributed by atoms with Crippen LogP contribution in [0.4, 0.5) is 10.1 Å². The van der Waals surface area contributed by atoms with Gasteiger partial charge in [0.1, 0.15) is 35.8 Å². The van der Waals surface area contributed by atoms with E-state index in [1.807, 2.05) is 63.9 Å². The molecule has 4 saturated heterocycles. The number of halogens is 1. The monoisotopic (exact) mass is 1080 g/mol. The number of aliphatic hydroxyl groups excluding tert-OH is 3. The number of rotatable bonds is 13. The zero-order valence-electron chi connectivity index (χ0n) is 47.2. The van der Waals surface area contributed by atoms with Crippen LogP contribution >= 0.6 is 0 Å². The lowest BCUT2D eigenvalue weighted by molar-refractivity contribution is -0.302. The van der Waals surface area contributed by atoms with Crippen LogP contribution in [-0.2, 0) is 51.0 Å². The van der Waals surface area contributed by atoms with Gasteiger partial charge in [-0.3, -0.25) is 4.79 Å². The summed E-state index contributed by atoms with van der Waals surface area (Å²) in [6.07, 6.45) is -4.99. The second kappa shape index (κ2) is 24.9. The van der Waals surface area contributed by atoms with Gasteiger partial charge in [-0.05, 0) is 98.9 Å². The van der Waals surface area contributed by atoms with Gasteiger partial charge in [0, 0.05) is 82.3 Å². The fourth-order valence-corrected chi connectivity index (χ4v) is 12.9. The number of hydrogen-bond acceptors (Lipinski definition) is 19. The minimum atomic E-state index is -1.82. The summed E-state index contributed by atoms with van der Waals surface area (Å²) >= 11 is 0. The van der Waals surface area contributed by atoms with Gasteiger partial charge in [-0.1, -0.05) is 44.1 Å². The van der Waals surface area contributed by atoms with Crippen molar-refractivity contribution in [3.63, 3.8) is 0 Å². The molecule has 19 atom stereocenters. The van der Waals surface area contributed by atoms with E-state index in [0.717, 1.165) is 5.69 Å². The van der Waals surface area contributed by atoms with E-state index in [9.17, 15) is 30.3 Å². The molecule has 6 heterocycles. The quantitative estimate of drug-likeness (QED) is 0.181. The van der Waals surface area contributed by atoms with Gasteiger partial charge in [-0.15, -0.1) is 5.10 Å². The predicted molar refractivity (Wildman–Crippen MR) is 281 cm³/mol. The summed E-state index contributed by atoms with van der Waals surface area (Å²) in [7, 11) is 5.31. The van der Waals surface area contributed by atoms with Gasteiger partial charge >= 0.3 is 5.97 Å². The second-order valence-electron chi connectivity index (χ2n) is 23.7. The molecule has 0 radical (unpaired) electrons. The smallest absolute Gasteiger partial charge is 0.309 e. The van der Waals surface area contributed by atoms with Crippen molar-refractivity contribution >= 4 is 17.4 Å². The van der Waals surface area contributed by atoms with E-state index >= 15 is 4.39 Å². The number of anilines is 1. The van der Waals surface area contributed by atoms with Gasteiger partial charge in [-0.2, -0.15) is 0 Å². The Morgan fingerprint density at radius 2 is 1.70 bits per heavy atom. The van der Waals surface area contributed by atoms with E-state index in [1.54, 1.807) is 45.4 Å². The van der Waals surface area contributed by atoms with Crippen LogP contribution < -0.4 is 4.90 Å². The third kappa shape index (κ3) is 13.4. The SMILES string of the molecule is CC[C@H]1OC(=O)[C@H](C)[C@@H](C2C[C@@](C)(OC)[C@@H](O)[C@H](C)O2)[C@H](C)[C@@H](O[C@@H]2O[C@H](C)C[C@H](N(C)CCc3cn(C[C@H]4CC(c5ccc(N6CCOCC6)c(F)c5)=NO4)nn3)[C@H]2O)[C@](C)(O)C[C@@H](C)CN(C)[C@H](C)[C@@H](O)[C@]1(C)O. The third-order valence-electron chi connectivity index (χ3n) is 17.5. The number of carbonyl (C=O) groups is 1. The Morgan fingerprint density at radius 3 is 2.37 bits per heavy atom. The molecule has 0 aliphatic carbocycles. The number of benzene rings is 1. The Balaban J connectivity index is 1.07. The number of cyclic esters (lactones) is 1. The molecule has 21 heteroatoms. The summed E-state index contributed by atoms with van der Waals surface area (Å²) in [6, 6.07) is 4.17. The number of likely N-dealkylation sites (N-methyl/N-ethyl adjacent to an activating group) is 2. The first-order valence-electron chi connectivity index (χ1n) is 27.6. The zero-order valence-corrected chi connectivity index (χ0v) is 47.2. The summed E-state index contributed by atoms with van der Waals surface area (Å²) in [4.78, 5) is 26.4. The van der Waals surface area contributed by atoms with Crippen LogP contribution in [0, 0.1) is 29.5 Å². The molecule has 1 unspecified atom stereocenters. The number of aromatic nitrogens is 3. The highest BCUT2D eigenvalue weighted by atomic mass is 19.1. The molecule has 5 N–H and O–H groups in total. The fraction of sp³-hybridized carbons (Fsp3) is 0.818. The number of esters is 1. The molecule has 2 aromatic rings. The number of aliphatic hydroxyl groups is 5. The number of ether oxygens (including phenoxy) is 6. The summed E-state index contributed by atoms with van der Waals surface area (Å²) in [6.45, 7) is 21.6. The molecular formula is C55H90FN7O13. The van der Waals surface area contributed by atoms with Crippen molar-refractivity contribution in [2.24, 2.45) is 28.8 Å². The van der Waals surface area contributed by atoms with Gasteiger partial charge < -0.3 is 73.5 Å². The van der Waals surface area contributed by atoms with Crippen LogP contribution in [0.2, 0.25) is 0 Å². The highest BCUT2D eigenvalue weighted by Crippen LogP contribution is 2.45. The molecule has 20 nitrogen and oxygen atoms in total. The molecule has 1 aromatic carbocycles. The summed E-state index contributed by atoms with van der Waals surface area (Å²) in [5.74, 6) is -3.51. The lowest BCUT2D eigenvalue weighted by Crippen LogP contribution is -2.62. The van der Waals surface area contributed by atoms with Crippen molar-refractivity contribution in [2.45, 2.75) is 204 Å². The standard InChI is InChI=1S/C55H90FN7O13/c1-14-45-55(10,69)48(65)35(6)61(12)28-31(2)26-53(8,68)50(33(4)46(34(5)51(67)74-45)44-27-54(9,70-13)49(66)36(7)73-44)75-52-47(64)43(23-32(3)72-52)60(11)18-17-38-29-63(59-57-38)30-39-25-41(58-76-39)37-15-16-42(40(56)24-37)62-19-21-71-22-20-62/h15-16,24,29,31-36,39,43-50,52,64-66,68-69H,14,17-23,25-28,30H2,1-13H3/t31-,32-,33+,34-,35-,36+,39-,43+,44?,45-,46+,47-,48-,49+,50-,52+,53-,54-,55-/m1/s1. The first kappa shape index (κ1) is 60.2. The molecule has 7 rings (SSSR count). The fourth-order valence-electron chi connectivity index (χ4n) is 12.9. The van der Waals surface area contributed by atoms with Gasteiger partial charge in [-0.25, -0.2) is 9.07 Å². The number of hydrogen-bond donors (Lipinski definition) is 5. The summed E-state index contributed by atoms with van der Waals surface area (Å²) in [5.41, 5.74) is -1.87. The normalized spacial score (nSPS) is 40.8. The minimum Gasteiger partial charge on any atom is -0.459 e. The molecular weight excluding hydrogens is 986 g/mol. The van der Waals surface area contributed by atoms with Crippen molar-refractivity contribution in [1.29, 1.82) is 0 Å². The van der Waals surface area contributed by atoms with E-state index < -0.39 is 102 Å². The number of nitrogens with zero attached hydrogens (tertiary/aromatic N) is 7. The van der Waals surface area contributed by atoms with Crippen LogP contribution in [0.25, 0.3) is 0 Å². The van der Waals surface area contributed by atoms with Crippen molar-refractivity contribution in [3.8, 4) is 0 Å². The second-order valence-corrected chi connectivity index (χ2v) is 23.7. The maximum absolute atomic E-state index is 15.2. The predicted octanol–water partition coefficient (Wildman–Crippen LogP) is 3.55. The van der Waals surface area contributed by atoms with Crippen molar-refractivity contribution in [3.05, 3.63) is 41.5 Å². The maximum Gasteiger partial charge on any atom is 0.309 e. The average Bonchev–Trinajstić information content (AvgIpc) is 4.05. The van der Waals surface area contributed by atoms with Crippen LogP contribution in [0.15, 0.2) is 29.6 Å². The van der Waals surface area contributed by atoms with Crippen molar-refractivity contribution < 1.29 is 68.0 Å². The number of carbonyl (C=O) groups excluding carboxylic acids is 1. The van der Waals surface area contributed by atoms with Crippen LogP contribution in [-0.4, -0.2) is 213 Å². The summed E-state index contributed by atoms with van der Waals surface area (Å²) in [5, 5.41) is 73.3. The van der Waals surface area contributed by atoms with E-state index in [0.29, 0.717) is 82.2 Å². The molecule has 0 saturated carbocycles. The Labute approximate surface area is 449 Å². The summed E-state index contributed by atoms with van der Waals surface area (Å²) < 4.78 is 54.6. The lowest BCUT2D eigenvalue weighted by Gasteiger charge is -2.51. The van der Waals surface area contributed by atoms with Crippen molar-refractivity contribution in [2.75, 3.05) is 65.5 Å². The van der Waals surface area contributed by atoms with E-state index in [1.165, 1.54) is 20.1 Å². The average molecular weight is 1080 g/mol.